The van der Waals surface area contributed by atoms with Gasteiger partial charge in [-0.05, 0) is 30.7 Å². The van der Waals surface area contributed by atoms with Gasteiger partial charge in [0.1, 0.15) is 0 Å². The molecule has 0 saturated carbocycles. The zero-order valence-corrected chi connectivity index (χ0v) is 9.80. The molecule has 1 heterocycles. The molecule has 5 heteroatoms. The Labute approximate surface area is 97.8 Å². The molecule has 0 aliphatic rings. The highest BCUT2D eigenvalue weighted by Gasteiger charge is 2.08. The molecule has 1 aromatic carbocycles. The first-order chi connectivity index (χ1) is 7.81. The summed E-state index contributed by atoms with van der Waals surface area (Å²) in [6.45, 7) is 0.675. The molecular formula is C11H13N3OS. The molecule has 0 bridgehead atoms. The van der Waals surface area contributed by atoms with Crippen molar-refractivity contribution in [2.24, 2.45) is 0 Å². The van der Waals surface area contributed by atoms with Crippen molar-refractivity contribution in [2.45, 2.75) is 6.42 Å². The summed E-state index contributed by atoms with van der Waals surface area (Å²) in [5.74, 6) is 0.659. The van der Waals surface area contributed by atoms with E-state index >= 15 is 0 Å². The quantitative estimate of drug-likeness (QED) is 0.850. The highest BCUT2D eigenvalue weighted by Crippen LogP contribution is 2.25. The summed E-state index contributed by atoms with van der Waals surface area (Å²) < 4.78 is 5.32. The minimum absolute atomic E-state index is 0.00889. The molecular weight excluding hydrogens is 222 g/mol. The average Bonchev–Trinajstić information content (AvgIpc) is 2.70. The Hall–Kier alpha value is -1.46. The lowest BCUT2D eigenvalue weighted by atomic mass is 10.2. The van der Waals surface area contributed by atoms with Crippen LogP contribution < -0.4 is 10.6 Å². The zero-order chi connectivity index (χ0) is 11.4. The molecule has 0 fully saturated rings. The van der Waals surface area contributed by atoms with Crippen molar-refractivity contribution in [2.75, 3.05) is 18.9 Å². The first-order valence-electron chi connectivity index (χ1n) is 5.10. The molecule has 2 N–H and O–H groups in total. The van der Waals surface area contributed by atoms with Crippen LogP contribution in [-0.4, -0.2) is 23.9 Å². The van der Waals surface area contributed by atoms with E-state index in [1.165, 1.54) is 11.5 Å². The summed E-state index contributed by atoms with van der Waals surface area (Å²) >= 11 is 1.40. The number of nitrogens with zero attached hydrogens (tertiary/aromatic N) is 1. The van der Waals surface area contributed by atoms with Crippen LogP contribution in [0.25, 0.3) is 10.1 Å². The van der Waals surface area contributed by atoms with Crippen molar-refractivity contribution in [1.29, 1.82) is 0 Å². The second-order valence-electron chi connectivity index (χ2n) is 3.43. The van der Waals surface area contributed by atoms with E-state index in [0.717, 1.165) is 10.1 Å². The van der Waals surface area contributed by atoms with Crippen molar-refractivity contribution in [3.63, 3.8) is 0 Å². The number of carbonyl (C=O) groups is 1. The van der Waals surface area contributed by atoms with Crippen molar-refractivity contribution in [3.8, 4) is 0 Å². The Bertz CT molecular complexity index is 495. The third-order valence-corrected chi connectivity index (χ3v) is 3.06. The topological polar surface area (TPSA) is 54.0 Å². The lowest BCUT2D eigenvalue weighted by molar-refractivity contribution is -0.116. The summed E-state index contributed by atoms with van der Waals surface area (Å²) in [5.41, 5.74) is 0. The number of amides is 1. The highest BCUT2D eigenvalue weighted by molar-refractivity contribution is 7.13. The van der Waals surface area contributed by atoms with Crippen LogP contribution in [0.5, 0.6) is 0 Å². The molecule has 0 aliphatic carbocycles. The Morgan fingerprint density at radius 1 is 1.44 bits per heavy atom. The lowest BCUT2D eigenvalue weighted by Gasteiger charge is -2.01. The minimum Gasteiger partial charge on any atom is -0.319 e. The van der Waals surface area contributed by atoms with Gasteiger partial charge in [0.25, 0.3) is 0 Å². The predicted molar refractivity (Wildman–Crippen MR) is 66.8 cm³/mol. The summed E-state index contributed by atoms with van der Waals surface area (Å²) in [6.07, 6.45) is 0.461. The van der Waals surface area contributed by atoms with E-state index in [2.05, 4.69) is 15.0 Å². The van der Waals surface area contributed by atoms with E-state index in [4.69, 9.17) is 0 Å². The molecule has 0 spiro atoms. The maximum atomic E-state index is 11.5. The SMILES string of the molecule is CNCCC(=O)Nc1nsc2ccccc12. The van der Waals surface area contributed by atoms with Gasteiger partial charge in [0.05, 0.1) is 4.70 Å². The zero-order valence-electron chi connectivity index (χ0n) is 8.99. The van der Waals surface area contributed by atoms with Gasteiger partial charge in [-0.1, -0.05) is 12.1 Å². The molecule has 84 valence electrons. The molecule has 4 nitrogen and oxygen atoms in total. The Kier molecular flexibility index (Phi) is 3.48. The van der Waals surface area contributed by atoms with Crippen LogP contribution in [0, 0.1) is 0 Å². The smallest absolute Gasteiger partial charge is 0.226 e. The van der Waals surface area contributed by atoms with Crippen molar-refractivity contribution in [1.82, 2.24) is 9.69 Å². The van der Waals surface area contributed by atoms with Crippen LogP contribution in [0.2, 0.25) is 0 Å². The number of carbonyl (C=O) groups excluding carboxylic acids is 1. The molecule has 2 rings (SSSR count). The van der Waals surface area contributed by atoms with Gasteiger partial charge < -0.3 is 10.6 Å². The summed E-state index contributed by atoms with van der Waals surface area (Å²) in [4.78, 5) is 11.5. The van der Waals surface area contributed by atoms with Gasteiger partial charge in [0.2, 0.25) is 5.91 Å². The normalized spacial score (nSPS) is 10.6. The van der Waals surface area contributed by atoms with Gasteiger partial charge in [-0.3, -0.25) is 4.79 Å². The highest BCUT2D eigenvalue weighted by atomic mass is 32.1. The number of hydrogen-bond donors (Lipinski definition) is 2. The fraction of sp³-hybridized carbons (Fsp3) is 0.273. The van der Waals surface area contributed by atoms with Gasteiger partial charge in [-0.2, -0.15) is 4.37 Å². The summed E-state index contributed by atoms with van der Waals surface area (Å²) in [5, 5.41) is 6.76. The molecule has 16 heavy (non-hydrogen) atoms. The molecule has 2 aromatic rings. The maximum Gasteiger partial charge on any atom is 0.226 e. The van der Waals surface area contributed by atoms with Crippen LogP contribution >= 0.6 is 11.5 Å². The van der Waals surface area contributed by atoms with E-state index in [9.17, 15) is 4.79 Å². The average molecular weight is 235 g/mol. The van der Waals surface area contributed by atoms with Crippen LogP contribution in [0.1, 0.15) is 6.42 Å². The maximum absolute atomic E-state index is 11.5. The third-order valence-electron chi connectivity index (χ3n) is 2.24. The van der Waals surface area contributed by atoms with Gasteiger partial charge in [-0.15, -0.1) is 0 Å². The van der Waals surface area contributed by atoms with Gasteiger partial charge in [0.15, 0.2) is 5.82 Å². The van der Waals surface area contributed by atoms with Crippen LogP contribution in [0.3, 0.4) is 0 Å². The number of rotatable bonds is 4. The third kappa shape index (κ3) is 2.37. The number of hydrogen-bond acceptors (Lipinski definition) is 4. The van der Waals surface area contributed by atoms with Crippen molar-refractivity contribution >= 4 is 33.3 Å². The van der Waals surface area contributed by atoms with E-state index in [-0.39, 0.29) is 5.91 Å². The number of aromatic nitrogens is 1. The molecule has 0 aliphatic heterocycles. The fourth-order valence-corrected chi connectivity index (χ4v) is 2.15. The minimum atomic E-state index is -0.00889. The van der Waals surface area contributed by atoms with Gasteiger partial charge in [-0.25, -0.2) is 0 Å². The Morgan fingerprint density at radius 3 is 3.06 bits per heavy atom. The summed E-state index contributed by atoms with van der Waals surface area (Å²) in [6, 6.07) is 7.87. The second kappa shape index (κ2) is 5.05. The number of benzene rings is 1. The Balaban J connectivity index is 2.12. The largest absolute Gasteiger partial charge is 0.319 e. The molecule has 0 unspecified atom stereocenters. The monoisotopic (exact) mass is 235 g/mol. The number of anilines is 1. The first kappa shape index (κ1) is 11.0. The van der Waals surface area contributed by atoms with Gasteiger partial charge in [0, 0.05) is 18.4 Å². The molecule has 0 saturated heterocycles. The molecule has 1 aromatic heterocycles. The molecule has 0 radical (unpaired) electrons. The first-order valence-corrected chi connectivity index (χ1v) is 5.87. The van der Waals surface area contributed by atoms with Crippen molar-refractivity contribution < 1.29 is 4.79 Å². The fourth-order valence-electron chi connectivity index (χ4n) is 1.41. The van der Waals surface area contributed by atoms with E-state index in [1.807, 2.05) is 31.3 Å². The van der Waals surface area contributed by atoms with Crippen LogP contribution in [0.15, 0.2) is 24.3 Å². The summed E-state index contributed by atoms with van der Waals surface area (Å²) in [7, 11) is 1.82. The van der Waals surface area contributed by atoms with E-state index < -0.39 is 0 Å². The molecule has 0 atom stereocenters. The molecule has 1 amide bonds. The standard InChI is InChI=1S/C11H13N3OS/c1-12-7-6-10(15)13-11-8-4-2-3-5-9(8)16-14-11/h2-5,12H,6-7H2,1H3,(H,13,14,15). The van der Waals surface area contributed by atoms with Crippen LogP contribution in [-0.2, 0) is 4.79 Å². The number of fused-ring (bicyclic) bond motifs is 1. The predicted octanol–water partition coefficient (Wildman–Crippen LogP) is 1.84. The van der Waals surface area contributed by atoms with Gasteiger partial charge >= 0.3 is 0 Å². The lowest BCUT2D eigenvalue weighted by Crippen LogP contribution is -2.18. The van der Waals surface area contributed by atoms with Crippen molar-refractivity contribution in [3.05, 3.63) is 24.3 Å². The van der Waals surface area contributed by atoms with Crippen LogP contribution in [0.4, 0.5) is 5.82 Å². The number of nitrogens with one attached hydrogen (secondary N) is 2. The van der Waals surface area contributed by atoms with E-state index in [0.29, 0.717) is 18.8 Å². The second-order valence-corrected chi connectivity index (χ2v) is 4.23. The van der Waals surface area contributed by atoms with E-state index in [1.54, 1.807) is 0 Å². The Morgan fingerprint density at radius 2 is 2.25 bits per heavy atom.